The zero-order valence-electron chi connectivity index (χ0n) is 16.3. The SMILES string of the molecule is NCC(CC1CC1c1ccc(C2CCCCC2)c(Cl)c1)C1CCCCC1. The summed E-state index contributed by atoms with van der Waals surface area (Å²) in [6, 6.07) is 7.04. The third-order valence-corrected chi connectivity index (χ3v) is 7.97. The summed E-state index contributed by atoms with van der Waals surface area (Å²) in [4.78, 5) is 0. The van der Waals surface area contributed by atoms with E-state index in [1.807, 2.05) is 0 Å². The fraction of sp³-hybridized carbons (Fsp3) is 0.750. The molecule has 0 saturated heterocycles. The molecule has 1 aromatic rings. The van der Waals surface area contributed by atoms with Crippen molar-refractivity contribution in [3.05, 3.63) is 34.3 Å². The third-order valence-electron chi connectivity index (χ3n) is 7.64. The molecule has 0 heterocycles. The van der Waals surface area contributed by atoms with Gasteiger partial charge in [-0.05, 0) is 79.0 Å². The number of hydrogen-bond acceptors (Lipinski definition) is 1. The summed E-state index contributed by atoms with van der Waals surface area (Å²) in [5.41, 5.74) is 9.07. The van der Waals surface area contributed by atoms with Gasteiger partial charge in [-0.25, -0.2) is 0 Å². The number of rotatable bonds is 6. The predicted octanol–water partition coefficient (Wildman–Crippen LogP) is 7.04. The summed E-state index contributed by atoms with van der Waals surface area (Å²) in [5, 5.41) is 1.03. The van der Waals surface area contributed by atoms with E-state index in [1.54, 1.807) is 0 Å². The van der Waals surface area contributed by atoms with Gasteiger partial charge in [-0.1, -0.05) is 75.1 Å². The van der Waals surface area contributed by atoms with Gasteiger partial charge in [0.2, 0.25) is 0 Å². The van der Waals surface area contributed by atoms with Gasteiger partial charge in [-0.3, -0.25) is 0 Å². The Morgan fingerprint density at radius 1 is 0.962 bits per heavy atom. The summed E-state index contributed by atoms with van der Waals surface area (Å²) >= 11 is 6.72. The predicted molar refractivity (Wildman–Crippen MR) is 112 cm³/mol. The molecule has 0 aromatic heterocycles. The summed E-state index contributed by atoms with van der Waals surface area (Å²) in [6.45, 7) is 0.884. The first-order valence-corrected chi connectivity index (χ1v) is 11.6. The van der Waals surface area contributed by atoms with Crippen LogP contribution in [0.1, 0.15) is 100 Å². The molecule has 3 aliphatic rings. The van der Waals surface area contributed by atoms with Crippen LogP contribution in [0.15, 0.2) is 18.2 Å². The van der Waals surface area contributed by atoms with Crippen LogP contribution in [0.25, 0.3) is 0 Å². The summed E-state index contributed by atoms with van der Waals surface area (Å²) in [5.74, 6) is 3.94. The van der Waals surface area contributed by atoms with Gasteiger partial charge in [0, 0.05) is 5.02 Å². The second-order valence-electron chi connectivity index (χ2n) is 9.35. The van der Waals surface area contributed by atoms with E-state index in [9.17, 15) is 0 Å². The minimum atomic E-state index is 0.702. The van der Waals surface area contributed by atoms with Gasteiger partial charge in [0.25, 0.3) is 0 Å². The molecule has 144 valence electrons. The van der Waals surface area contributed by atoms with E-state index >= 15 is 0 Å². The standard InChI is InChI=1S/C24H36ClN/c25-24-15-19(11-12-22(24)18-9-5-2-6-10-18)23-14-20(23)13-21(16-26)17-7-3-1-4-8-17/h11-12,15,17-18,20-21,23H,1-10,13-14,16,26H2. The second-order valence-corrected chi connectivity index (χ2v) is 9.75. The third kappa shape index (κ3) is 4.30. The molecule has 2 N–H and O–H groups in total. The molecule has 0 bridgehead atoms. The Hall–Kier alpha value is -0.530. The Morgan fingerprint density at radius 3 is 2.31 bits per heavy atom. The maximum atomic E-state index is 6.72. The molecular formula is C24H36ClN. The van der Waals surface area contributed by atoms with Crippen LogP contribution in [0.2, 0.25) is 5.02 Å². The lowest BCUT2D eigenvalue weighted by atomic mass is 9.77. The largest absolute Gasteiger partial charge is 0.330 e. The molecule has 1 aromatic carbocycles. The highest BCUT2D eigenvalue weighted by Gasteiger charge is 2.41. The van der Waals surface area contributed by atoms with Crippen LogP contribution in [0.4, 0.5) is 0 Å². The van der Waals surface area contributed by atoms with Crippen LogP contribution < -0.4 is 5.73 Å². The first kappa shape index (κ1) is 18.8. The average Bonchev–Trinajstić information content (AvgIpc) is 3.47. The van der Waals surface area contributed by atoms with Crippen LogP contribution in [0.3, 0.4) is 0 Å². The van der Waals surface area contributed by atoms with E-state index in [1.165, 1.54) is 88.2 Å². The van der Waals surface area contributed by atoms with E-state index in [-0.39, 0.29) is 0 Å². The fourth-order valence-corrected chi connectivity index (χ4v) is 6.25. The molecule has 3 aliphatic carbocycles. The molecule has 26 heavy (non-hydrogen) atoms. The normalized spacial score (nSPS) is 28.8. The molecule has 1 nitrogen and oxygen atoms in total. The molecule has 3 fully saturated rings. The zero-order chi connectivity index (χ0) is 17.9. The van der Waals surface area contributed by atoms with Crippen molar-refractivity contribution in [3.8, 4) is 0 Å². The molecule has 3 saturated carbocycles. The smallest absolute Gasteiger partial charge is 0.0443 e. The van der Waals surface area contributed by atoms with Crippen molar-refractivity contribution in [2.45, 2.75) is 88.9 Å². The summed E-state index contributed by atoms with van der Waals surface area (Å²) in [6.07, 6.45) is 16.6. The number of benzene rings is 1. The molecule has 2 heteroatoms. The van der Waals surface area contributed by atoms with Crippen LogP contribution in [-0.4, -0.2) is 6.54 Å². The van der Waals surface area contributed by atoms with Crippen molar-refractivity contribution in [3.63, 3.8) is 0 Å². The van der Waals surface area contributed by atoms with E-state index in [0.717, 1.165) is 35.2 Å². The molecule has 0 aliphatic heterocycles. The first-order chi connectivity index (χ1) is 12.8. The van der Waals surface area contributed by atoms with Gasteiger partial charge in [0.15, 0.2) is 0 Å². The number of nitrogens with two attached hydrogens (primary N) is 1. The number of hydrogen-bond donors (Lipinski definition) is 1. The first-order valence-electron chi connectivity index (χ1n) is 11.3. The van der Waals surface area contributed by atoms with Crippen molar-refractivity contribution in [2.75, 3.05) is 6.54 Å². The zero-order valence-corrected chi connectivity index (χ0v) is 17.0. The van der Waals surface area contributed by atoms with Gasteiger partial charge in [0.05, 0.1) is 0 Å². The van der Waals surface area contributed by atoms with E-state index in [0.29, 0.717) is 5.92 Å². The fourth-order valence-electron chi connectivity index (χ4n) is 5.91. The quantitative estimate of drug-likeness (QED) is 0.568. The highest BCUT2D eigenvalue weighted by atomic mass is 35.5. The minimum absolute atomic E-state index is 0.702. The van der Waals surface area contributed by atoms with Crippen molar-refractivity contribution in [1.29, 1.82) is 0 Å². The lowest BCUT2D eigenvalue weighted by molar-refractivity contribution is 0.233. The van der Waals surface area contributed by atoms with Crippen molar-refractivity contribution >= 4 is 11.6 Å². The molecule has 3 unspecified atom stereocenters. The van der Waals surface area contributed by atoms with Crippen LogP contribution in [-0.2, 0) is 0 Å². The second kappa shape index (κ2) is 8.65. The maximum absolute atomic E-state index is 6.72. The van der Waals surface area contributed by atoms with Gasteiger partial charge < -0.3 is 5.73 Å². The van der Waals surface area contributed by atoms with E-state index in [4.69, 9.17) is 17.3 Å². The average molecular weight is 374 g/mol. The maximum Gasteiger partial charge on any atom is 0.0443 e. The van der Waals surface area contributed by atoms with Crippen molar-refractivity contribution in [1.82, 2.24) is 0 Å². The van der Waals surface area contributed by atoms with Crippen molar-refractivity contribution < 1.29 is 0 Å². The Kier molecular flexibility index (Phi) is 6.26. The van der Waals surface area contributed by atoms with Crippen LogP contribution in [0.5, 0.6) is 0 Å². The monoisotopic (exact) mass is 373 g/mol. The minimum Gasteiger partial charge on any atom is -0.330 e. The Bertz CT molecular complexity index is 586. The van der Waals surface area contributed by atoms with Gasteiger partial charge in [0.1, 0.15) is 0 Å². The van der Waals surface area contributed by atoms with Gasteiger partial charge >= 0.3 is 0 Å². The van der Waals surface area contributed by atoms with E-state index in [2.05, 4.69) is 18.2 Å². The van der Waals surface area contributed by atoms with Crippen LogP contribution >= 0.6 is 11.6 Å². The Balaban J connectivity index is 1.36. The highest BCUT2D eigenvalue weighted by molar-refractivity contribution is 6.31. The molecule has 0 radical (unpaired) electrons. The molecule has 0 spiro atoms. The highest BCUT2D eigenvalue weighted by Crippen LogP contribution is 2.53. The topological polar surface area (TPSA) is 26.0 Å². The van der Waals surface area contributed by atoms with Gasteiger partial charge in [-0.15, -0.1) is 0 Å². The Labute approximate surface area is 165 Å². The molecule has 0 amide bonds. The number of halogens is 1. The molecular weight excluding hydrogens is 338 g/mol. The lowest BCUT2D eigenvalue weighted by Gasteiger charge is -2.29. The summed E-state index contributed by atoms with van der Waals surface area (Å²) in [7, 11) is 0. The summed E-state index contributed by atoms with van der Waals surface area (Å²) < 4.78 is 0. The Morgan fingerprint density at radius 2 is 1.65 bits per heavy atom. The van der Waals surface area contributed by atoms with Crippen LogP contribution in [0, 0.1) is 17.8 Å². The molecule has 3 atom stereocenters. The lowest BCUT2D eigenvalue weighted by Crippen LogP contribution is -2.26. The molecule has 4 rings (SSSR count). The van der Waals surface area contributed by atoms with E-state index < -0.39 is 0 Å². The van der Waals surface area contributed by atoms with Gasteiger partial charge in [-0.2, -0.15) is 0 Å². The van der Waals surface area contributed by atoms with Crippen molar-refractivity contribution in [2.24, 2.45) is 23.5 Å².